The van der Waals surface area contributed by atoms with Crippen LogP contribution in [-0.2, 0) is 18.3 Å². The zero-order valence-electron chi connectivity index (χ0n) is 6.93. The van der Waals surface area contributed by atoms with Gasteiger partial charge in [0.05, 0.1) is 0 Å². The highest BCUT2D eigenvalue weighted by atomic mass is 16.1. The number of carbonyl (C=O) groups excluding carboxylic acids is 1. The fraction of sp³-hybridized carbons (Fsp3) is 0.500. The van der Waals surface area contributed by atoms with Crippen molar-refractivity contribution in [1.29, 1.82) is 0 Å². The highest BCUT2D eigenvalue weighted by Crippen LogP contribution is 1.87. The molecule has 0 aliphatic heterocycles. The third-order valence-corrected chi connectivity index (χ3v) is 1.25. The number of hydrogen-bond donors (Lipinski definition) is 0. The van der Waals surface area contributed by atoms with Gasteiger partial charge in [0.2, 0.25) is 5.91 Å². The van der Waals surface area contributed by atoms with Gasteiger partial charge >= 0.3 is 0 Å². The molecule has 0 aliphatic carbocycles. The van der Waals surface area contributed by atoms with Crippen LogP contribution in [0.1, 0.15) is 12.7 Å². The molecule has 1 amide bonds. The standard InChI is InChI=1S/C6H9N5O/c1-5(12)7-4-3-6-8-9-10-11(6)2/h4H,3H2,1-2H3. The van der Waals surface area contributed by atoms with E-state index in [-0.39, 0.29) is 5.91 Å². The van der Waals surface area contributed by atoms with Gasteiger partial charge in [-0.25, -0.2) is 9.67 Å². The van der Waals surface area contributed by atoms with Gasteiger partial charge in [0.25, 0.3) is 0 Å². The van der Waals surface area contributed by atoms with Crippen LogP contribution in [0.3, 0.4) is 0 Å². The van der Waals surface area contributed by atoms with E-state index in [0.717, 1.165) is 0 Å². The number of aryl methyl sites for hydroxylation is 1. The summed E-state index contributed by atoms with van der Waals surface area (Å²) in [7, 11) is 1.73. The molecule has 1 heterocycles. The maximum Gasteiger partial charge on any atom is 0.242 e. The molecule has 6 nitrogen and oxygen atoms in total. The molecule has 0 N–H and O–H groups in total. The molecule has 12 heavy (non-hydrogen) atoms. The Morgan fingerprint density at radius 1 is 1.75 bits per heavy atom. The lowest BCUT2D eigenvalue weighted by molar-refractivity contribution is -0.115. The van der Waals surface area contributed by atoms with Gasteiger partial charge in [-0.1, -0.05) is 0 Å². The number of carbonyl (C=O) groups is 1. The van der Waals surface area contributed by atoms with E-state index >= 15 is 0 Å². The molecule has 0 radical (unpaired) electrons. The maximum absolute atomic E-state index is 10.4. The van der Waals surface area contributed by atoms with Gasteiger partial charge in [0.1, 0.15) is 0 Å². The maximum atomic E-state index is 10.4. The minimum absolute atomic E-state index is 0.217. The number of hydrogen-bond acceptors (Lipinski definition) is 4. The Labute approximate surface area is 69.3 Å². The van der Waals surface area contributed by atoms with E-state index in [1.54, 1.807) is 7.05 Å². The number of nitrogens with zero attached hydrogens (tertiary/aromatic N) is 5. The van der Waals surface area contributed by atoms with E-state index in [1.807, 2.05) is 0 Å². The average molecular weight is 167 g/mol. The highest BCUT2D eigenvalue weighted by molar-refractivity contribution is 5.83. The second-order valence-electron chi connectivity index (χ2n) is 2.25. The van der Waals surface area contributed by atoms with E-state index in [4.69, 9.17) is 0 Å². The third-order valence-electron chi connectivity index (χ3n) is 1.25. The van der Waals surface area contributed by atoms with Crippen LogP contribution in [0.25, 0.3) is 0 Å². The van der Waals surface area contributed by atoms with Crippen molar-refractivity contribution < 1.29 is 4.79 Å². The van der Waals surface area contributed by atoms with Gasteiger partial charge in [-0.15, -0.1) is 5.10 Å². The Kier molecular flexibility index (Phi) is 2.62. The molecule has 0 saturated heterocycles. The largest absolute Gasteiger partial charge is 0.273 e. The lowest BCUT2D eigenvalue weighted by Crippen LogP contribution is -2.00. The van der Waals surface area contributed by atoms with Gasteiger partial charge in [-0.3, -0.25) is 4.79 Å². The van der Waals surface area contributed by atoms with Gasteiger partial charge < -0.3 is 0 Å². The molecule has 0 spiro atoms. The van der Waals surface area contributed by atoms with Crippen LogP contribution in [0.15, 0.2) is 4.99 Å². The van der Waals surface area contributed by atoms with E-state index in [0.29, 0.717) is 12.2 Å². The highest BCUT2D eigenvalue weighted by Gasteiger charge is 1.98. The summed E-state index contributed by atoms with van der Waals surface area (Å²) in [6.45, 7) is 1.39. The van der Waals surface area contributed by atoms with Crippen molar-refractivity contribution in [3.8, 4) is 0 Å². The van der Waals surface area contributed by atoms with Gasteiger partial charge in [0.15, 0.2) is 5.82 Å². The van der Waals surface area contributed by atoms with Crippen molar-refractivity contribution in [2.24, 2.45) is 12.0 Å². The number of rotatable bonds is 2. The number of amides is 1. The Morgan fingerprint density at radius 2 is 2.50 bits per heavy atom. The first-order valence-electron chi connectivity index (χ1n) is 3.44. The molecule has 1 aromatic rings. The summed E-state index contributed by atoms with van der Waals surface area (Å²) >= 11 is 0. The minimum Gasteiger partial charge on any atom is -0.273 e. The quantitative estimate of drug-likeness (QED) is 0.550. The molecular weight excluding hydrogens is 158 g/mol. The zero-order valence-corrected chi connectivity index (χ0v) is 6.93. The molecule has 1 rings (SSSR count). The summed E-state index contributed by atoms with van der Waals surface area (Å²) in [5.41, 5.74) is 0. The summed E-state index contributed by atoms with van der Waals surface area (Å²) < 4.78 is 1.53. The number of tetrazole rings is 1. The summed E-state index contributed by atoms with van der Waals surface area (Å²) in [6, 6.07) is 0. The molecule has 0 bridgehead atoms. The van der Waals surface area contributed by atoms with E-state index < -0.39 is 0 Å². The van der Waals surface area contributed by atoms with Crippen molar-refractivity contribution in [3.05, 3.63) is 5.82 Å². The fourth-order valence-corrected chi connectivity index (χ4v) is 0.677. The lowest BCUT2D eigenvalue weighted by Gasteiger charge is -1.90. The van der Waals surface area contributed by atoms with Crippen LogP contribution in [-0.4, -0.2) is 32.3 Å². The molecule has 0 saturated carbocycles. The predicted octanol–water partition coefficient (Wildman–Crippen LogP) is -0.630. The van der Waals surface area contributed by atoms with E-state index in [1.165, 1.54) is 17.8 Å². The van der Waals surface area contributed by atoms with Crippen molar-refractivity contribution in [2.45, 2.75) is 13.3 Å². The SMILES string of the molecule is CC(=O)N=CCc1nnnn1C. The Bertz CT molecular complexity index is 303. The first-order valence-corrected chi connectivity index (χ1v) is 3.44. The molecule has 6 heteroatoms. The van der Waals surface area contributed by atoms with Crippen molar-refractivity contribution in [2.75, 3.05) is 0 Å². The first-order chi connectivity index (χ1) is 5.70. The lowest BCUT2D eigenvalue weighted by atomic mass is 10.4. The van der Waals surface area contributed by atoms with Crippen LogP contribution in [0, 0.1) is 0 Å². The van der Waals surface area contributed by atoms with Crippen LogP contribution >= 0.6 is 0 Å². The first kappa shape index (κ1) is 8.51. The number of aromatic nitrogens is 4. The molecule has 1 aromatic heterocycles. The van der Waals surface area contributed by atoms with Gasteiger partial charge in [0, 0.05) is 26.6 Å². The van der Waals surface area contributed by atoms with Crippen LogP contribution in [0.2, 0.25) is 0 Å². The summed E-state index contributed by atoms with van der Waals surface area (Å²) in [4.78, 5) is 14.0. The van der Waals surface area contributed by atoms with Crippen molar-refractivity contribution in [3.63, 3.8) is 0 Å². The summed E-state index contributed by atoms with van der Waals surface area (Å²) in [5.74, 6) is 0.463. The van der Waals surface area contributed by atoms with Gasteiger partial charge in [-0.2, -0.15) is 0 Å². The van der Waals surface area contributed by atoms with Crippen LogP contribution < -0.4 is 0 Å². The monoisotopic (exact) mass is 167 g/mol. The third kappa shape index (κ3) is 2.22. The van der Waals surface area contributed by atoms with Gasteiger partial charge in [-0.05, 0) is 10.4 Å². The smallest absolute Gasteiger partial charge is 0.242 e. The molecule has 0 atom stereocenters. The molecule has 0 aliphatic rings. The Morgan fingerprint density at radius 3 is 3.00 bits per heavy atom. The Balaban J connectivity index is 2.54. The molecule has 0 unspecified atom stereocenters. The molecule has 64 valence electrons. The van der Waals surface area contributed by atoms with Crippen LogP contribution in [0.4, 0.5) is 0 Å². The van der Waals surface area contributed by atoms with E-state index in [2.05, 4.69) is 20.5 Å². The average Bonchev–Trinajstić information content (AvgIpc) is 2.36. The molecule has 0 aromatic carbocycles. The fourth-order valence-electron chi connectivity index (χ4n) is 0.677. The summed E-state index contributed by atoms with van der Waals surface area (Å²) in [5, 5.41) is 10.8. The second-order valence-corrected chi connectivity index (χ2v) is 2.25. The normalized spacial score (nSPS) is 10.8. The van der Waals surface area contributed by atoms with Crippen molar-refractivity contribution in [1.82, 2.24) is 20.2 Å². The second kappa shape index (κ2) is 3.70. The number of aliphatic imine (C=N–C) groups is 1. The van der Waals surface area contributed by atoms with E-state index in [9.17, 15) is 4.79 Å². The molecular formula is C6H9N5O. The van der Waals surface area contributed by atoms with Crippen molar-refractivity contribution >= 4 is 12.1 Å². The molecule has 0 fully saturated rings. The minimum atomic E-state index is -0.217. The zero-order chi connectivity index (χ0) is 8.97. The Hall–Kier alpha value is -1.59. The predicted molar refractivity (Wildman–Crippen MR) is 41.7 cm³/mol. The topological polar surface area (TPSA) is 73.0 Å². The summed E-state index contributed by atoms with van der Waals surface area (Å²) in [6.07, 6.45) is 1.97. The van der Waals surface area contributed by atoms with Crippen LogP contribution in [0.5, 0.6) is 0 Å².